The van der Waals surface area contributed by atoms with Gasteiger partial charge in [-0.15, -0.1) is 0 Å². The van der Waals surface area contributed by atoms with Crippen LogP contribution >= 0.6 is 0 Å². The maximum absolute atomic E-state index is 6.19. The first-order valence-corrected chi connectivity index (χ1v) is 9.51. The summed E-state index contributed by atoms with van der Waals surface area (Å²) in [6.07, 6.45) is 4.36. The molecule has 0 saturated carbocycles. The second kappa shape index (κ2) is 9.97. The molecular weight excluding hydrogens is 284 g/mol. The van der Waals surface area contributed by atoms with Crippen LogP contribution in [0.3, 0.4) is 0 Å². The molecule has 2 atom stereocenters. The summed E-state index contributed by atoms with van der Waals surface area (Å²) in [7, 11) is 0. The number of nitrogens with two attached hydrogens (primary N) is 1. The predicted octanol–water partition coefficient (Wildman–Crippen LogP) is 3.02. The van der Waals surface area contributed by atoms with Gasteiger partial charge >= 0.3 is 0 Å². The zero-order valence-corrected chi connectivity index (χ0v) is 17.1. The molecule has 0 radical (unpaired) electrons. The monoisotopic (exact) mass is 328 g/mol. The minimum absolute atomic E-state index is 0.0478. The van der Waals surface area contributed by atoms with E-state index in [9.17, 15) is 0 Å². The molecule has 140 valence electrons. The van der Waals surface area contributed by atoms with Crippen molar-refractivity contribution in [3.8, 4) is 0 Å². The van der Waals surface area contributed by atoms with Gasteiger partial charge < -0.3 is 21.7 Å². The Balaban J connectivity index is 4.08. The third-order valence-corrected chi connectivity index (χ3v) is 5.29. The van der Waals surface area contributed by atoms with Gasteiger partial charge in [0, 0.05) is 35.7 Å². The predicted molar refractivity (Wildman–Crippen MR) is 104 cm³/mol. The molecular formula is C19H44N4. The molecule has 0 aromatic carbocycles. The first-order valence-electron chi connectivity index (χ1n) is 9.51. The van der Waals surface area contributed by atoms with E-state index in [1.807, 2.05) is 0 Å². The Morgan fingerprint density at radius 2 is 1.52 bits per heavy atom. The van der Waals surface area contributed by atoms with Crippen LogP contribution in [0.25, 0.3) is 0 Å². The average molecular weight is 329 g/mol. The highest BCUT2D eigenvalue weighted by molar-refractivity contribution is 4.87. The first-order chi connectivity index (χ1) is 10.5. The van der Waals surface area contributed by atoms with E-state index >= 15 is 0 Å². The van der Waals surface area contributed by atoms with Crippen molar-refractivity contribution in [2.45, 2.75) is 104 Å². The quantitative estimate of drug-likeness (QED) is 0.393. The van der Waals surface area contributed by atoms with Crippen molar-refractivity contribution < 1.29 is 0 Å². The highest BCUT2D eigenvalue weighted by Crippen LogP contribution is 2.14. The topological polar surface area (TPSA) is 62.1 Å². The van der Waals surface area contributed by atoms with Crippen molar-refractivity contribution in [1.82, 2.24) is 16.0 Å². The lowest BCUT2D eigenvalue weighted by atomic mass is 9.94. The molecule has 0 rings (SSSR count). The second-order valence-corrected chi connectivity index (χ2v) is 8.51. The molecule has 0 aliphatic heterocycles. The van der Waals surface area contributed by atoms with Crippen LogP contribution in [-0.4, -0.2) is 42.3 Å². The van der Waals surface area contributed by atoms with Gasteiger partial charge in [0.15, 0.2) is 0 Å². The van der Waals surface area contributed by atoms with Crippen LogP contribution in [0.5, 0.6) is 0 Å². The van der Waals surface area contributed by atoms with E-state index in [1.54, 1.807) is 0 Å². The number of hydrogen-bond acceptors (Lipinski definition) is 4. The molecule has 0 spiro atoms. The molecule has 4 nitrogen and oxygen atoms in total. The van der Waals surface area contributed by atoms with Crippen LogP contribution in [-0.2, 0) is 0 Å². The van der Waals surface area contributed by atoms with E-state index in [2.05, 4.69) is 71.3 Å². The van der Waals surface area contributed by atoms with E-state index in [0.29, 0.717) is 6.04 Å². The molecule has 4 heteroatoms. The van der Waals surface area contributed by atoms with Crippen LogP contribution in [0.15, 0.2) is 0 Å². The third-order valence-electron chi connectivity index (χ3n) is 5.29. The molecule has 0 heterocycles. The molecule has 5 N–H and O–H groups in total. The van der Waals surface area contributed by atoms with Crippen LogP contribution in [0.1, 0.15) is 81.1 Å². The maximum atomic E-state index is 6.19. The Labute approximate surface area is 145 Å². The van der Waals surface area contributed by atoms with Gasteiger partial charge in [-0.05, 0) is 66.8 Å². The van der Waals surface area contributed by atoms with Crippen molar-refractivity contribution in [2.75, 3.05) is 19.6 Å². The molecule has 0 aromatic rings. The minimum Gasteiger partial charge on any atom is -0.325 e. The van der Waals surface area contributed by atoms with Gasteiger partial charge in [-0.25, -0.2) is 0 Å². The van der Waals surface area contributed by atoms with E-state index in [4.69, 9.17) is 5.73 Å². The summed E-state index contributed by atoms with van der Waals surface area (Å²) in [6.45, 7) is 20.8. The van der Waals surface area contributed by atoms with Gasteiger partial charge in [-0.1, -0.05) is 20.8 Å². The first kappa shape index (κ1) is 22.8. The van der Waals surface area contributed by atoms with Crippen molar-refractivity contribution in [1.29, 1.82) is 0 Å². The van der Waals surface area contributed by atoms with Gasteiger partial charge in [-0.2, -0.15) is 0 Å². The lowest BCUT2D eigenvalue weighted by Gasteiger charge is -2.35. The molecule has 0 saturated heterocycles. The van der Waals surface area contributed by atoms with Gasteiger partial charge in [0.05, 0.1) is 0 Å². The second-order valence-electron chi connectivity index (χ2n) is 8.51. The summed E-state index contributed by atoms with van der Waals surface area (Å²) < 4.78 is 0. The van der Waals surface area contributed by atoms with Crippen LogP contribution in [0, 0.1) is 0 Å². The average Bonchev–Trinajstić information content (AvgIpc) is 2.50. The maximum Gasteiger partial charge on any atom is 0.0250 e. The van der Waals surface area contributed by atoms with Gasteiger partial charge in [0.2, 0.25) is 0 Å². The summed E-state index contributed by atoms with van der Waals surface area (Å²) in [5.41, 5.74) is 6.47. The fourth-order valence-corrected chi connectivity index (χ4v) is 2.54. The number of hydrogen-bond donors (Lipinski definition) is 4. The molecule has 0 aromatic heterocycles. The standard InChI is InChI=1S/C19H44N4/c1-9-18(7,20)12-13-21-15-17(5,6)22-14-16(4)23-19(8,10-2)11-3/h16,21-23H,9-15,20H2,1-8H3. The van der Waals surface area contributed by atoms with Gasteiger partial charge in [0.1, 0.15) is 0 Å². The molecule has 0 amide bonds. The Morgan fingerprint density at radius 1 is 0.957 bits per heavy atom. The van der Waals surface area contributed by atoms with Crippen molar-refractivity contribution >= 4 is 0 Å². The third kappa shape index (κ3) is 10.3. The normalized spacial score (nSPS) is 17.1. The van der Waals surface area contributed by atoms with Gasteiger partial charge in [-0.3, -0.25) is 0 Å². The fourth-order valence-electron chi connectivity index (χ4n) is 2.54. The van der Waals surface area contributed by atoms with Crippen LogP contribution < -0.4 is 21.7 Å². The lowest BCUT2D eigenvalue weighted by Crippen LogP contribution is -2.55. The van der Waals surface area contributed by atoms with E-state index in [1.165, 1.54) is 0 Å². The molecule has 0 bridgehead atoms. The molecule has 0 aliphatic carbocycles. The summed E-state index contributed by atoms with van der Waals surface area (Å²) >= 11 is 0. The minimum atomic E-state index is -0.0478. The largest absolute Gasteiger partial charge is 0.325 e. The Hall–Kier alpha value is -0.160. The zero-order valence-electron chi connectivity index (χ0n) is 17.1. The van der Waals surface area contributed by atoms with Crippen molar-refractivity contribution in [3.05, 3.63) is 0 Å². The lowest BCUT2D eigenvalue weighted by molar-refractivity contribution is 0.271. The van der Waals surface area contributed by atoms with Gasteiger partial charge in [0.25, 0.3) is 0 Å². The smallest absolute Gasteiger partial charge is 0.0250 e. The molecule has 2 unspecified atom stereocenters. The Bertz CT molecular complexity index is 308. The molecule has 0 aliphatic rings. The van der Waals surface area contributed by atoms with E-state index in [-0.39, 0.29) is 16.6 Å². The fraction of sp³-hybridized carbons (Fsp3) is 1.00. The van der Waals surface area contributed by atoms with Crippen LogP contribution in [0.2, 0.25) is 0 Å². The highest BCUT2D eigenvalue weighted by Gasteiger charge is 2.23. The summed E-state index contributed by atoms with van der Waals surface area (Å²) in [4.78, 5) is 0. The van der Waals surface area contributed by atoms with E-state index < -0.39 is 0 Å². The zero-order chi connectivity index (χ0) is 18.1. The van der Waals surface area contributed by atoms with Crippen LogP contribution in [0.4, 0.5) is 0 Å². The van der Waals surface area contributed by atoms with Crippen molar-refractivity contribution in [3.63, 3.8) is 0 Å². The Morgan fingerprint density at radius 3 is 2.00 bits per heavy atom. The van der Waals surface area contributed by atoms with Crippen molar-refractivity contribution in [2.24, 2.45) is 5.73 Å². The number of nitrogens with one attached hydrogen (secondary N) is 3. The van der Waals surface area contributed by atoms with E-state index in [0.717, 1.165) is 45.3 Å². The summed E-state index contributed by atoms with van der Waals surface area (Å²) in [5, 5.41) is 11.0. The highest BCUT2D eigenvalue weighted by atomic mass is 15.1. The molecule has 23 heavy (non-hydrogen) atoms. The summed E-state index contributed by atoms with van der Waals surface area (Å²) in [5.74, 6) is 0. The molecule has 0 fully saturated rings. The Kier molecular flexibility index (Phi) is 9.90. The summed E-state index contributed by atoms with van der Waals surface area (Å²) in [6, 6.07) is 0.464. The SMILES string of the molecule is CCC(C)(N)CCNCC(C)(C)NCC(C)NC(C)(CC)CC. The number of rotatable bonds is 13.